The van der Waals surface area contributed by atoms with Crippen molar-refractivity contribution in [3.8, 4) is 0 Å². The summed E-state index contributed by atoms with van der Waals surface area (Å²) >= 11 is 0. The molecule has 0 unspecified atom stereocenters. The van der Waals surface area contributed by atoms with Gasteiger partial charge in [-0.15, -0.1) is 0 Å². The first-order valence-corrected chi connectivity index (χ1v) is 11.3. The Morgan fingerprint density at radius 1 is 0.769 bits per heavy atom. The first-order chi connectivity index (χ1) is 12.4. The second-order valence-electron chi connectivity index (χ2n) is 9.34. The maximum atomic E-state index is 13.0. The minimum atomic E-state index is 0.136. The minimum Gasteiger partial charge on any atom is -0.512 e. The molecule has 2 aliphatic carbocycles. The fraction of sp³-hybridized carbons (Fsp3) is 0.875. The van der Waals surface area contributed by atoms with Gasteiger partial charge in [-0.25, -0.2) is 0 Å². The van der Waals surface area contributed by atoms with E-state index in [4.69, 9.17) is 0 Å². The van der Waals surface area contributed by atoms with Crippen molar-refractivity contribution in [2.75, 3.05) is 0 Å². The molecule has 0 aromatic heterocycles. The van der Waals surface area contributed by atoms with Crippen LogP contribution in [0, 0.1) is 22.7 Å². The van der Waals surface area contributed by atoms with Crippen LogP contribution in [0.1, 0.15) is 112 Å². The zero-order valence-electron chi connectivity index (χ0n) is 18.0. The molecule has 0 aromatic rings. The van der Waals surface area contributed by atoms with Gasteiger partial charge in [0.1, 0.15) is 5.76 Å². The lowest BCUT2D eigenvalue weighted by Gasteiger charge is -2.40. The van der Waals surface area contributed by atoms with E-state index in [1.807, 2.05) is 6.92 Å². The second-order valence-corrected chi connectivity index (χ2v) is 9.34. The van der Waals surface area contributed by atoms with Gasteiger partial charge in [-0.3, -0.25) is 4.79 Å². The number of hydrogen-bond donors (Lipinski definition) is 1. The summed E-state index contributed by atoms with van der Waals surface area (Å²) < 4.78 is 0. The molecule has 2 aliphatic rings. The summed E-state index contributed by atoms with van der Waals surface area (Å²) in [4.78, 5) is 13.0. The van der Waals surface area contributed by atoms with Gasteiger partial charge in [0.15, 0.2) is 5.78 Å². The number of Topliss-reactive ketones (excluding diaryl/α,β-unsaturated/α-hetero) is 1. The monoisotopic (exact) mass is 362 g/mol. The smallest absolute Gasteiger partial charge is 0.164 e. The minimum absolute atomic E-state index is 0.136. The molecular weight excluding hydrogens is 320 g/mol. The number of allylic oxidation sites excluding steroid dienone is 2. The van der Waals surface area contributed by atoms with E-state index in [0.29, 0.717) is 22.2 Å². The molecular formula is C24H42O2. The van der Waals surface area contributed by atoms with Crippen molar-refractivity contribution in [3.05, 3.63) is 11.3 Å². The lowest BCUT2D eigenvalue weighted by molar-refractivity contribution is -0.121. The molecule has 26 heavy (non-hydrogen) atoms. The highest BCUT2D eigenvalue weighted by Crippen LogP contribution is 2.47. The zero-order valence-corrected chi connectivity index (χ0v) is 18.0. The van der Waals surface area contributed by atoms with Crippen molar-refractivity contribution in [3.63, 3.8) is 0 Å². The third-order valence-electron chi connectivity index (χ3n) is 8.60. The molecule has 2 nitrogen and oxygen atoms in total. The van der Waals surface area contributed by atoms with Gasteiger partial charge in [0.05, 0.1) is 0 Å². The maximum Gasteiger partial charge on any atom is 0.164 e. The van der Waals surface area contributed by atoms with Crippen molar-refractivity contribution < 1.29 is 9.90 Å². The molecule has 150 valence electrons. The first-order valence-electron chi connectivity index (χ1n) is 11.3. The third-order valence-corrected chi connectivity index (χ3v) is 8.60. The van der Waals surface area contributed by atoms with Gasteiger partial charge in [0, 0.05) is 17.4 Å². The SMILES string of the molecule is CCC1(CC)CCC(C(=O)/C(C)=C(\O)C2CCC(CC)(CC)CC2)CC1. The predicted octanol–water partition coefficient (Wildman–Crippen LogP) is 7.38. The third kappa shape index (κ3) is 4.37. The first kappa shape index (κ1) is 21.5. The lowest BCUT2D eigenvalue weighted by Crippen LogP contribution is -2.31. The van der Waals surface area contributed by atoms with E-state index >= 15 is 0 Å². The molecule has 1 N–H and O–H groups in total. The average molecular weight is 363 g/mol. The molecule has 0 aliphatic heterocycles. The fourth-order valence-electron chi connectivity index (χ4n) is 5.65. The lowest BCUT2D eigenvalue weighted by atomic mass is 9.65. The molecule has 2 rings (SSSR count). The van der Waals surface area contributed by atoms with E-state index in [9.17, 15) is 9.90 Å². The molecule has 0 aromatic carbocycles. The largest absolute Gasteiger partial charge is 0.512 e. The van der Waals surface area contributed by atoms with Gasteiger partial charge in [0.25, 0.3) is 0 Å². The summed E-state index contributed by atoms with van der Waals surface area (Å²) in [6, 6.07) is 0. The van der Waals surface area contributed by atoms with Crippen molar-refractivity contribution >= 4 is 5.78 Å². The van der Waals surface area contributed by atoms with Crippen LogP contribution in [-0.4, -0.2) is 10.9 Å². The topological polar surface area (TPSA) is 37.3 Å². The quantitative estimate of drug-likeness (QED) is 0.379. The molecule has 0 heterocycles. The molecule has 0 bridgehead atoms. The van der Waals surface area contributed by atoms with Gasteiger partial charge >= 0.3 is 0 Å². The van der Waals surface area contributed by atoms with Gasteiger partial charge in [-0.05, 0) is 69.1 Å². The Morgan fingerprint density at radius 2 is 1.12 bits per heavy atom. The molecule has 0 saturated heterocycles. The van der Waals surface area contributed by atoms with Crippen molar-refractivity contribution in [1.82, 2.24) is 0 Å². The fourth-order valence-corrected chi connectivity index (χ4v) is 5.65. The van der Waals surface area contributed by atoms with Crippen LogP contribution in [0.5, 0.6) is 0 Å². The van der Waals surface area contributed by atoms with Crippen molar-refractivity contribution in [2.45, 2.75) is 112 Å². The van der Waals surface area contributed by atoms with Crippen LogP contribution in [0.3, 0.4) is 0 Å². The van der Waals surface area contributed by atoms with Crippen LogP contribution >= 0.6 is 0 Å². The molecule has 2 heteroatoms. The normalized spacial score (nSPS) is 25.0. The van der Waals surface area contributed by atoms with Crippen LogP contribution in [0.4, 0.5) is 0 Å². The Morgan fingerprint density at radius 3 is 1.46 bits per heavy atom. The highest BCUT2D eigenvalue weighted by molar-refractivity contribution is 5.97. The van der Waals surface area contributed by atoms with E-state index < -0.39 is 0 Å². The van der Waals surface area contributed by atoms with E-state index in [0.717, 1.165) is 25.7 Å². The van der Waals surface area contributed by atoms with E-state index in [1.165, 1.54) is 51.4 Å². The van der Waals surface area contributed by atoms with E-state index in [1.54, 1.807) is 0 Å². The molecule has 2 saturated carbocycles. The number of ketones is 1. The van der Waals surface area contributed by atoms with Gasteiger partial charge in [-0.2, -0.15) is 0 Å². The molecule has 0 atom stereocenters. The predicted molar refractivity (Wildman–Crippen MR) is 110 cm³/mol. The highest BCUT2D eigenvalue weighted by Gasteiger charge is 2.37. The Bertz CT molecular complexity index is 488. The van der Waals surface area contributed by atoms with Crippen LogP contribution in [-0.2, 0) is 4.79 Å². The highest BCUT2D eigenvalue weighted by atomic mass is 16.3. The van der Waals surface area contributed by atoms with Crippen LogP contribution in [0.25, 0.3) is 0 Å². The van der Waals surface area contributed by atoms with E-state index in [2.05, 4.69) is 27.7 Å². The molecule has 2 fully saturated rings. The van der Waals surface area contributed by atoms with Gasteiger partial charge in [0.2, 0.25) is 0 Å². The van der Waals surface area contributed by atoms with Gasteiger partial charge in [-0.1, -0.05) is 53.4 Å². The summed E-state index contributed by atoms with van der Waals surface area (Å²) in [5.41, 5.74) is 1.60. The standard InChI is InChI=1S/C24H42O2/c1-6-23(7-2)14-10-19(11-15-23)21(25)18(5)22(26)20-12-16-24(8-3,9-4)17-13-20/h19-20,25H,6-17H2,1-5H3/b21-18-. The Balaban J connectivity index is 1.99. The van der Waals surface area contributed by atoms with Crippen molar-refractivity contribution in [1.29, 1.82) is 0 Å². The number of aliphatic hydroxyl groups excluding tert-OH is 1. The number of rotatable bonds is 7. The molecule has 0 amide bonds. The number of aliphatic hydroxyl groups is 1. The Labute approximate surface area is 161 Å². The van der Waals surface area contributed by atoms with Crippen molar-refractivity contribution in [2.24, 2.45) is 22.7 Å². The second kappa shape index (κ2) is 8.93. The summed E-state index contributed by atoms with van der Waals surface area (Å²) in [6.45, 7) is 11.0. The number of carbonyl (C=O) groups is 1. The maximum absolute atomic E-state index is 13.0. The summed E-state index contributed by atoms with van der Waals surface area (Å²) in [7, 11) is 0. The summed E-state index contributed by atoms with van der Waals surface area (Å²) in [5, 5.41) is 10.8. The number of carbonyl (C=O) groups excluding carboxylic acids is 1. The Hall–Kier alpha value is -0.790. The molecule has 0 spiro atoms. The summed E-state index contributed by atoms with van der Waals surface area (Å²) in [5.74, 6) is 0.987. The van der Waals surface area contributed by atoms with Crippen LogP contribution in [0.15, 0.2) is 11.3 Å². The number of hydrogen-bond acceptors (Lipinski definition) is 2. The molecule has 0 radical (unpaired) electrons. The Kier molecular flexibility index (Phi) is 7.39. The average Bonchev–Trinajstić information content (AvgIpc) is 2.72. The summed E-state index contributed by atoms with van der Waals surface area (Å²) in [6.07, 6.45) is 13.7. The van der Waals surface area contributed by atoms with Crippen LogP contribution in [0.2, 0.25) is 0 Å². The van der Waals surface area contributed by atoms with Crippen LogP contribution < -0.4 is 0 Å². The van der Waals surface area contributed by atoms with E-state index in [-0.39, 0.29) is 17.6 Å². The zero-order chi connectivity index (χ0) is 19.4. The van der Waals surface area contributed by atoms with Gasteiger partial charge < -0.3 is 5.11 Å².